The number of anilines is 2. The average Bonchev–Trinajstić information content (AvgIpc) is 3.01. The van der Waals surface area contributed by atoms with Crippen LogP contribution in [0.4, 0.5) is 19.5 Å². The highest BCUT2D eigenvalue weighted by atomic mass is 32.1. The third-order valence-corrected chi connectivity index (χ3v) is 3.57. The number of rotatable bonds is 4. The van der Waals surface area contributed by atoms with Crippen LogP contribution in [-0.4, -0.2) is 13.0 Å². The highest BCUT2D eigenvalue weighted by Gasteiger charge is 2.31. The Kier molecular flexibility index (Phi) is 2.97. The van der Waals surface area contributed by atoms with Gasteiger partial charge in [-0.2, -0.15) is 5.26 Å². The van der Waals surface area contributed by atoms with E-state index in [1.165, 1.54) is 11.3 Å². The number of hydrogen-bond donors (Lipinski definition) is 2. The summed E-state index contributed by atoms with van der Waals surface area (Å²) < 4.78 is 24.2. The molecule has 1 aromatic rings. The van der Waals surface area contributed by atoms with Gasteiger partial charge in [0.1, 0.15) is 10.9 Å². The Labute approximate surface area is 95.9 Å². The molecule has 0 radical (unpaired) electrons. The van der Waals surface area contributed by atoms with E-state index in [1.54, 1.807) is 0 Å². The Hall–Kier alpha value is -1.35. The van der Waals surface area contributed by atoms with E-state index in [0.717, 1.165) is 18.4 Å². The van der Waals surface area contributed by atoms with Crippen LogP contribution in [0.5, 0.6) is 0 Å². The van der Waals surface area contributed by atoms with Gasteiger partial charge in [-0.1, -0.05) is 0 Å². The number of nitrogens with zero attached hydrogens (tertiary/aromatic N) is 1. The van der Waals surface area contributed by atoms with Gasteiger partial charge in [-0.25, -0.2) is 8.78 Å². The molecule has 3 N–H and O–H groups in total. The maximum absolute atomic E-state index is 12.1. The Bertz CT molecular complexity index is 432. The number of nitrogen functional groups attached to an aromatic ring is 1. The molecule has 1 aliphatic rings. The van der Waals surface area contributed by atoms with Crippen LogP contribution in [0, 0.1) is 11.3 Å². The summed E-state index contributed by atoms with van der Waals surface area (Å²) in [6.07, 6.45) is -0.356. The van der Waals surface area contributed by atoms with Gasteiger partial charge in [0.25, 0.3) is 6.43 Å². The minimum absolute atomic E-state index is 0.346. The molecule has 16 heavy (non-hydrogen) atoms. The van der Waals surface area contributed by atoms with Crippen LogP contribution in [0.1, 0.15) is 29.2 Å². The van der Waals surface area contributed by atoms with Crippen molar-refractivity contribution in [3.05, 3.63) is 10.4 Å². The number of nitrogens with one attached hydrogen (secondary N) is 1. The summed E-state index contributed by atoms with van der Waals surface area (Å²) in [5.74, 6) is 0.346. The minimum Gasteiger partial charge on any atom is -0.397 e. The lowest BCUT2D eigenvalue weighted by molar-refractivity contribution is 0.163. The molecule has 2 rings (SSSR count). The fraction of sp³-hybridized carbons (Fsp3) is 0.500. The summed E-state index contributed by atoms with van der Waals surface area (Å²) in [6, 6.07) is 1.99. The normalized spacial score (nSPS) is 15.1. The molecule has 0 bridgehead atoms. The van der Waals surface area contributed by atoms with Crippen LogP contribution in [-0.2, 0) is 0 Å². The topological polar surface area (TPSA) is 61.8 Å². The molecule has 0 atom stereocenters. The molecule has 86 valence electrons. The maximum atomic E-state index is 12.1. The zero-order valence-corrected chi connectivity index (χ0v) is 9.28. The average molecular weight is 243 g/mol. The summed E-state index contributed by atoms with van der Waals surface area (Å²) in [6.45, 7) is -0.398. The van der Waals surface area contributed by atoms with E-state index < -0.39 is 13.0 Å². The SMILES string of the molecule is N#Cc1sc(NCC(F)F)c(C2CC2)c1N. The Morgan fingerprint density at radius 3 is 2.75 bits per heavy atom. The van der Waals surface area contributed by atoms with Gasteiger partial charge in [-0.05, 0) is 18.8 Å². The van der Waals surface area contributed by atoms with E-state index in [1.807, 2.05) is 6.07 Å². The van der Waals surface area contributed by atoms with Gasteiger partial charge in [0.2, 0.25) is 0 Å². The fourth-order valence-corrected chi connectivity index (χ4v) is 2.63. The van der Waals surface area contributed by atoms with E-state index in [2.05, 4.69) is 5.32 Å². The first-order valence-electron chi connectivity index (χ1n) is 4.97. The van der Waals surface area contributed by atoms with Gasteiger partial charge in [0.15, 0.2) is 0 Å². The minimum atomic E-state index is -2.40. The lowest BCUT2D eigenvalue weighted by Gasteiger charge is -2.06. The quantitative estimate of drug-likeness (QED) is 0.854. The summed E-state index contributed by atoms with van der Waals surface area (Å²) in [4.78, 5) is 0.415. The fourth-order valence-electron chi connectivity index (χ4n) is 1.62. The Morgan fingerprint density at radius 2 is 2.25 bits per heavy atom. The molecule has 1 heterocycles. The molecule has 1 fully saturated rings. The predicted molar refractivity (Wildman–Crippen MR) is 59.9 cm³/mol. The Morgan fingerprint density at radius 1 is 1.56 bits per heavy atom. The molecule has 3 nitrogen and oxygen atoms in total. The van der Waals surface area contributed by atoms with Crippen molar-refractivity contribution in [2.45, 2.75) is 25.2 Å². The van der Waals surface area contributed by atoms with Crippen molar-refractivity contribution >= 4 is 22.0 Å². The standard InChI is InChI=1S/C10H11F2N3S/c11-7(12)4-15-10-8(5-1-2-5)9(14)6(3-13)16-10/h5,7,15H,1-2,4,14H2. The highest BCUT2D eigenvalue weighted by molar-refractivity contribution is 7.17. The summed E-state index contributed by atoms with van der Waals surface area (Å²) in [5.41, 5.74) is 7.15. The van der Waals surface area contributed by atoms with Gasteiger partial charge < -0.3 is 11.1 Å². The van der Waals surface area contributed by atoms with E-state index in [4.69, 9.17) is 11.0 Å². The summed E-state index contributed by atoms with van der Waals surface area (Å²) in [5, 5.41) is 12.1. The van der Waals surface area contributed by atoms with Crippen molar-refractivity contribution in [1.82, 2.24) is 0 Å². The number of alkyl halides is 2. The third kappa shape index (κ3) is 2.09. The van der Waals surface area contributed by atoms with Gasteiger partial charge >= 0.3 is 0 Å². The lowest BCUT2D eigenvalue weighted by Crippen LogP contribution is -2.10. The van der Waals surface area contributed by atoms with Crippen molar-refractivity contribution in [1.29, 1.82) is 5.26 Å². The van der Waals surface area contributed by atoms with Crippen molar-refractivity contribution in [2.75, 3.05) is 17.6 Å². The molecule has 1 aliphatic carbocycles. The molecule has 1 aromatic heterocycles. The Balaban J connectivity index is 2.25. The van der Waals surface area contributed by atoms with Crippen molar-refractivity contribution in [3.63, 3.8) is 0 Å². The van der Waals surface area contributed by atoms with Gasteiger partial charge in [0, 0.05) is 5.56 Å². The van der Waals surface area contributed by atoms with Crippen LogP contribution in [0.25, 0.3) is 0 Å². The molecule has 1 saturated carbocycles. The highest BCUT2D eigenvalue weighted by Crippen LogP contribution is 2.50. The summed E-state index contributed by atoms with van der Waals surface area (Å²) in [7, 11) is 0. The van der Waals surface area contributed by atoms with E-state index >= 15 is 0 Å². The van der Waals surface area contributed by atoms with Gasteiger partial charge in [-0.15, -0.1) is 11.3 Å². The smallest absolute Gasteiger partial charge is 0.255 e. The zero-order valence-electron chi connectivity index (χ0n) is 8.46. The van der Waals surface area contributed by atoms with E-state index in [9.17, 15) is 8.78 Å². The molecular formula is C10H11F2N3S. The first-order chi connectivity index (χ1) is 7.63. The number of nitrogens with two attached hydrogens (primary N) is 1. The first-order valence-corrected chi connectivity index (χ1v) is 5.79. The van der Waals surface area contributed by atoms with Crippen LogP contribution in [0.3, 0.4) is 0 Å². The number of halogens is 2. The van der Waals surface area contributed by atoms with Crippen molar-refractivity contribution in [2.24, 2.45) is 0 Å². The van der Waals surface area contributed by atoms with Gasteiger partial charge in [-0.3, -0.25) is 0 Å². The van der Waals surface area contributed by atoms with Gasteiger partial charge in [0.05, 0.1) is 17.2 Å². The van der Waals surface area contributed by atoms with Crippen LogP contribution >= 0.6 is 11.3 Å². The second-order valence-electron chi connectivity index (χ2n) is 3.75. The predicted octanol–water partition coefficient (Wildman–Crippen LogP) is 2.76. The van der Waals surface area contributed by atoms with E-state index in [-0.39, 0.29) is 0 Å². The van der Waals surface area contributed by atoms with E-state index in [0.29, 0.717) is 21.5 Å². The third-order valence-electron chi connectivity index (χ3n) is 2.49. The molecule has 0 aliphatic heterocycles. The monoisotopic (exact) mass is 243 g/mol. The molecule has 0 amide bonds. The van der Waals surface area contributed by atoms with Crippen LogP contribution < -0.4 is 11.1 Å². The molecule has 0 spiro atoms. The molecule has 0 saturated heterocycles. The molecule has 6 heteroatoms. The number of hydrogen-bond acceptors (Lipinski definition) is 4. The number of nitriles is 1. The van der Waals surface area contributed by atoms with Crippen molar-refractivity contribution in [3.8, 4) is 6.07 Å². The second-order valence-corrected chi connectivity index (χ2v) is 4.77. The second kappa shape index (κ2) is 4.26. The van der Waals surface area contributed by atoms with Crippen LogP contribution in [0.15, 0.2) is 0 Å². The molecule has 0 unspecified atom stereocenters. The lowest BCUT2D eigenvalue weighted by atomic mass is 10.1. The van der Waals surface area contributed by atoms with Crippen molar-refractivity contribution < 1.29 is 8.78 Å². The zero-order chi connectivity index (χ0) is 11.7. The number of thiophene rings is 1. The maximum Gasteiger partial charge on any atom is 0.255 e. The molecule has 0 aromatic carbocycles. The largest absolute Gasteiger partial charge is 0.397 e. The first kappa shape index (κ1) is 11.1. The molecular weight excluding hydrogens is 232 g/mol. The summed E-state index contributed by atoms with van der Waals surface area (Å²) >= 11 is 1.17. The van der Waals surface area contributed by atoms with Crippen LogP contribution in [0.2, 0.25) is 0 Å².